The summed E-state index contributed by atoms with van der Waals surface area (Å²) >= 11 is 0. The molecule has 1 aromatic carbocycles. The largest absolute Gasteiger partial charge is 0.449 e. The summed E-state index contributed by atoms with van der Waals surface area (Å²) in [5.41, 5.74) is 1.60. The number of hydrogen-bond acceptors (Lipinski definition) is 2. The molecule has 1 aliphatic rings. The fourth-order valence-corrected chi connectivity index (χ4v) is 1.68. The molecule has 0 bridgehead atoms. The van der Waals surface area contributed by atoms with Crippen molar-refractivity contribution in [3.8, 4) is 5.75 Å². The Balaban J connectivity index is 1.97. The van der Waals surface area contributed by atoms with Gasteiger partial charge in [0.2, 0.25) is 0 Å². The van der Waals surface area contributed by atoms with E-state index < -0.39 is 0 Å². The fourth-order valence-electron chi connectivity index (χ4n) is 1.68. The monoisotopic (exact) mass is 226 g/mol. The zero-order valence-corrected chi connectivity index (χ0v) is 8.94. The third kappa shape index (κ3) is 1.80. The summed E-state index contributed by atoms with van der Waals surface area (Å²) in [5, 5.41) is 2.78. The second-order valence-electron chi connectivity index (χ2n) is 3.71. The molecule has 84 valence electrons. The number of carbonyl (C=O) groups excluding carboxylic acids is 1. The molecule has 0 saturated heterocycles. The quantitative estimate of drug-likeness (QED) is 0.733. The minimum atomic E-state index is -0.232. The van der Waals surface area contributed by atoms with Crippen LogP contribution in [0.2, 0.25) is 0 Å². The maximum Gasteiger partial charge on any atom is 0.291 e. The molecule has 0 spiro atoms. The molecule has 1 aromatic heterocycles. The average molecular weight is 226 g/mol. The van der Waals surface area contributed by atoms with Crippen molar-refractivity contribution in [1.82, 2.24) is 4.98 Å². The molecule has 0 aliphatic carbocycles. The van der Waals surface area contributed by atoms with Crippen molar-refractivity contribution in [2.45, 2.75) is 0 Å². The number of fused-ring (bicyclic) bond motifs is 1. The number of aromatic amines is 1. The SMILES string of the molecule is O=C1Nc2ccccc2OC1=Cc1cc[nH]c1. The van der Waals surface area contributed by atoms with Crippen LogP contribution in [0.4, 0.5) is 5.69 Å². The van der Waals surface area contributed by atoms with Crippen LogP contribution in [0.1, 0.15) is 5.56 Å². The Hall–Kier alpha value is -2.49. The Kier molecular flexibility index (Phi) is 2.19. The van der Waals surface area contributed by atoms with Gasteiger partial charge in [0.25, 0.3) is 5.91 Å². The summed E-state index contributed by atoms with van der Waals surface area (Å²) in [6.07, 6.45) is 5.28. The summed E-state index contributed by atoms with van der Waals surface area (Å²) in [4.78, 5) is 14.7. The second kappa shape index (κ2) is 3.83. The van der Waals surface area contributed by atoms with Crippen LogP contribution in [0.15, 0.2) is 48.5 Å². The predicted molar refractivity (Wildman–Crippen MR) is 64.5 cm³/mol. The van der Waals surface area contributed by atoms with Gasteiger partial charge in [-0.25, -0.2) is 0 Å². The van der Waals surface area contributed by atoms with E-state index in [1.807, 2.05) is 24.3 Å². The highest BCUT2D eigenvalue weighted by atomic mass is 16.5. The van der Waals surface area contributed by atoms with E-state index in [1.165, 1.54) is 0 Å². The van der Waals surface area contributed by atoms with E-state index in [4.69, 9.17) is 4.74 Å². The third-order valence-corrected chi connectivity index (χ3v) is 2.50. The Morgan fingerprint density at radius 3 is 2.88 bits per heavy atom. The number of carbonyl (C=O) groups is 1. The van der Waals surface area contributed by atoms with Gasteiger partial charge in [-0.05, 0) is 29.8 Å². The molecular weight excluding hydrogens is 216 g/mol. The zero-order chi connectivity index (χ0) is 11.7. The van der Waals surface area contributed by atoms with Gasteiger partial charge in [0, 0.05) is 12.4 Å². The first-order valence-corrected chi connectivity index (χ1v) is 5.26. The highest BCUT2D eigenvalue weighted by Crippen LogP contribution is 2.30. The van der Waals surface area contributed by atoms with Gasteiger partial charge in [0.15, 0.2) is 11.5 Å². The molecule has 4 heteroatoms. The molecule has 0 atom stereocenters. The normalized spacial score (nSPS) is 16.2. The number of para-hydroxylation sites is 2. The molecule has 0 saturated carbocycles. The summed E-state index contributed by atoms with van der Waals surface area (Å²) < 4.78 is 5.55. The lowest BCUT2D eigenvalue weighted by Gasteiger charge is -2.19. The zero-order valence-electron chi connectivity index (χ0n) is 8.94. The molecular formula is C13H10N2O2. The topological polar surface area (TPSA) is 54.1 Å². The number of nitrogens with one attached hydrogen (secondary N) is 2. The Morgan fingerprint density at radius 1 is 1.18 bits per heavy atom. The summed E-state index contributed by atoms with van der Waals surface area (Å²) in [6.45, 7) is 0. The first-order chi connectivity index (χ1) is 8.33. The molecule has 0 fully saturated rings. The molecule has 0 radical (unpaired) electrons. The number of rotatable bonds is 1. The van der Waals surface area contributed by atoms with E-state index in [1.54, 1.807) is 24.5 Å². The van der Waals surface area contributed by atoms with Crippen LogP contribution < -0.4 is 10.1 Å². The molecule has 17 heavy (non-hydrogen) atoms. The van der Waals surface area contributed by atoms with Crippen molar-refractivity contribution in [2.75, 3.05) is 5.32 Å². The van der Waals surface area contributed by atoms with Crippen LogP contribution in [-0.4, -0.2) is 10.9 Å². The van der Waals surface area contributed by atoms with Crippen molar-refractivity contribution in [3.63, 3.8) is 0 Å². The highest BCUT2D eigenvalue weighted by molar-refractivity contribution is 6.08. The van der Waals surface area contributed by atoms with Crippen LogP contribution >= 0.6 is 0 Å². The van der Waals surface area contributed by atoms with E-state index in [0.717, 1.165) is 5.56 Å². The van der Waals surface area contributed by atoms with Crippen molar-refractivity contribution in [3.05, 3.63) is 54.0 Å². The van der Waals surface area contributed by atoms with Crippen molar-refractivity contribution >= 4 is 17.7 Å². The van der Waals surface area contributed by atoms with Crippen LogP contribution in [-0.2, 0) is 4.79 Å². The lowest BCUT2D eigenvalue weighted by atomic mass is 10.2. The first-order valence-electron chi connectivity index (χ1n) is 5.26. The standard InChI is InChI=1S/C13H10N2O2/c16-13-12(7-9-5-6-14-8-9)17-11-4-2-1-3-10(11)15-13/h1-8,14H,(H,15,16). The van der Waals surface area contributed by atoms with E-state index in [9.17, 15) is 4.79 Å². The number of hydrogen-bond donors (Lipinski definition) is 2. The van der Waals surface area contributed by atoms with E-state index >= 15 is 0 Å². The van der Waals surface area contributed by atoms with E-state index in [0.29, 0.717) is 17.2 Å². The van der Waals surface area contributed by atoms with Crippen molar-refractivity contribution < 1.29 is 9.53 Å². The molecule has 2 N–H and O–H groups in total. The van der Waals surface area contributed by atoms with Crippen LogP contribution in [0.3, 0.4) is 0 Å². The summed E-state index contributed by atoms with van der Waals surface area (Å²) in [5.74, 6) is 0.724. The van der Waals surface area contributed by atoms with Gasteiger partial charge in [-0.3, -0.25) is 4.79 Å². The lowest BCUT2D eigenvalue weighted by Crippen LogP contribution is -2.23. The number of H-pyrrole nitrogens is 1. The summed E-state index contributed by atoms with van der Waals surface area (Å²) in [7, 11) is 0. The number of ether oxygens (including phenoxy) is 1. The number of aromatic nitrogens is 1. The van der Waals surface area contributed by atoms with Crippen molar-refractivity contribution in [1.29, 1.82) is 0 Å². The first kappa shape index (κ1) is 9.72. The van der Waals surface area contributed by atoms with E-state index in [2.05, 4.69) is 10.3 Å². The maximum atomic E-state index is 11.8. The molecule has 0 unspecified atom stereocenters. The molecule has 2 heterocycles. The van der Waals surface area contributed by atoms with Crippen LogP contribution in [0.25, 0.3) is 6.08 Å². The van der Waals surface area contributed by atoms with Gasteiger partial charge < -0.3 is 15.0 Å². The van der Waals surface area contributed by atoms with Gasteiger partial charge in [-0.2, -0.15) is 0 Å². The lowest BCUT2D eigenvalue weighted by molar-refractivity contribution is -0.115. The Bertz CT molecular complexity index is 585. The molecule has 1 aliphatic heterocycles. The number of benzene rings is 1. The highest BCUT2D eigenvalue weighted by Gasteiger charge is 2.21. The van der Waals surface area contributed by atoms with Gasteiger partial charge in [0.1, 0.15) is 0 Å². The average Bonchev–Trinajstić information content (AvgIpc) is 2.83. The maximum absolute atomic E-state index is 11.8. The fraction of sp³-hybridized carbons (Fsp3) is 0. The van der Waals surface area contributed by atoms with Crippen LogP contribution in [0, 0.1) is 0 Å². The number of anilines is 1. The van der Waals surface area contributed by atoms with Gasteiger partial charge >= 0.3 is 0 Å². The second-order valence-corrected chi connectivity index (χ2v) is 3.71. The third-order valence-electron chi connectivity index (χ3n) is 2.50. The minimum Gasteiger partial charge on any atom is -0.449 e. The van der Waals surface area contributed by atoms with Crippen molar-refractivity contribution in [2.24, 2.45) is 0 Å². The predicted octanol–water partition coefficient (Wildman–Crippen LogP) is 2.39. The van der Waals surface area contributed by atoms with Gasteiger partial charge in [-0.15, -0.1) is 0 Å². The molecule has 4 nitrogen and oxygen atoms in total. The van der Waals surface area contributed by atoms with Gasteiger partial charge in [-0.1, -0.05) is 12.1 Å². The van der Waals surface area contributed by atoms with E-state index in [-0.39, 0.29) is 5.91 Å². The molecule has 3 rings (SSSR count). The molecule has 2 aromatic rings. The Labute approximate surface area is 97.9 Å². The Morgan fingerprint density at radius 2 is 2.06 bits per heavy atom. The smallest absolute Gasteiger partial charge is 0.291 e. The molecule has 1 amide bonds. The minimum absolute atomic E-state index is 0.232. The van der Waals surface area contributed by atoms with Gasteiger partial charge in [0.05, 0.1) is 5.69 Å². The number of amides is 1. The summed E-state index contributed by atoms with van der Waals surface area (Å²) in [6, 6.07) is 9.21. The van der Waals surface area contributed by atoms with Crippen LogP contribution in [0.5, 0.6) is 5.75 Å².